The molecule has 0 aliphatic carbocycles. The summed E-state index contributed by atoms with van der Waals surface area (Å²) in [5.41, 5.74) is 0.199. The van der Waals surface area contributed by atoms with Gasteiger partial charge in [0, 0.05) is 19.5 Å². The molecule has 1 heterocycles. The van der Waals surface area contributed by atoms with E-state index in [0.29, 0.717) is 25.4 Å². The Labute approximate surface area is 162 Å². The van der Waals surface area contributed by atoms with E-state index in [9.17, 15) is 9.59 Å². The molecule has 2 amide bonds. The molecule has 6 heteroatoms. The monoisotopic (exact) mass is 375 g/mol. The number of amides is 2. The number of hydrogen-bond acceptors (Lipinski definition) is 4. The largest absolute Gasteiger partial charge is 0.446 e. The summed E-state index contributed by atoms with van der Waals surface area (Å²) in [6, 6.07) is 0. The number of hydrogen-bond donors (Lipinski definition) is 1. The number of aromatic nitrogens is 1. The molecule has 1 N–H and O–H groups in total. The second-order valence-electron chi connectivity index (χ2n) is 6.56. The van der Waals surface area contributed by atoms with E-state index in [2.05, 4.69) is 30.4 Å². The van der Waals surface area contributed by atoms with Crippen LogP contribution < -0.4 is 5.32 Å². The maximum atomic E-state index is 12.5. The van der Waals surface area contributed by atoms with Crippen LogP contribution in [0.25, 0.3) is 0 Å². The van der Waals surface area contributed by atoms with Gasteiger partial charge >= 0.3 is 0 Å². The minimum atomic E-state index is -0.324. The third-order valence-electron chi connectivity index (χ3n) is 4.21. The Morgan fingerprint density at radius 2 is 1.85 bits per heavy atom. The molecular formula is C21H33N3O3. The lowest BCUT2D eigenvalue weighted by atomic mass is 10.1. The summed E-state index contributed by atoms with van der Waals surface area (Å²) >= 11 is 0. The van der Waals surface area contributed by atoms with Crippen LogP contribution in [0.15, 0.2) is 36.0 Å². The van der Waals surface area contributed by atoms with Crippen molar-refractivity contribution in [2.24, 2.45) is 0 Å². The minimum Gasteiger partial charge on any atom is -0.446 e. The van der Waals surface area contributed by atoms with Gasteiger partial charge in [-0.25, -0.2) is 4.98 Å². The van der Waals surface area contributed by atoms with Gasteiger partial charge in [0.2, 0.25) is 11.8 Å². The van der Waals surface area contributed by atoms with Crippen LogP contribution in [-0.4, -0.2) is 34.8 Å². The van der Waals surface area contributed by atoms with Gasteiger partial charge in [0.05, 0.1) is 6.54 Å². The topological polar surface area (TPSA) is 75.4 Å². The van der Waals surface area contributed by atoms with Crippen molar-refractivity contribution in [1.29, 1.82) is 0 Å². The molecule has 1 aromatic heterocycles. The van der Waals surface area contributed by atoms with Gasteiger partial charge in [-0.2, -0.15) is 0 Å². The second-order valence-corrected chi connectivity index (χ2v) is 6.56. The maximum absolute atomic E-state index is 12.5. The van der Waals surface area contributed by atoms with Crippen LogP contribution in [0.4, 0.5) is 0 Å². The van der Waals surface area contributed by atoms with Crippen LogP contribution in [-0.2, 0) is 11.3 Å². The zero-order chi connectivity index (χ0) is 19.9. The van der Waals surface area contributed by atoms with Gasteiger partial charge < -0.3 is 14.6 Å². The highest BCUT2D eigenvalue weighted by atomic mass is 16.3. The first kappa shape index (κ1) is 22.7. The van der Waals surface area contributed by atoms with Crippen LogP contribution in [0.2, 0.25) is 0 Å². The Hall–Kier alpha value is -2.37. The van der Waals surface area contributed by atoms with Gasteiger partial charge in [-0.15, -0.1) is 13.2 Å². The predicted octanol–water partition coefficient (Wildman–Crippen LogP) is 4.25. The lowest BCUT2D eigenvalue weighted by Gasteiger charge is -2.19. The molecule has 0 spiro atoms. The number of carbonyl (C=O) groups excluding carboxylic acids is 2. The first-order valence-corrected chi connectivity index (χ1v) is 9.84. The van der Waals surface area contributed by atoms with E-state index in [1.54, 1.807) is 17.1 Å². The molecule has 1 rings (SSSR count). The molecule has 0 atom stereocenters. The van der Waals surface area contributed by atoms with E-state index in [0.717, 1.165) is 12.8 Å². The van der Waals surface area contributed by atoms with E-state index in [-0.39, 0.29) is 24.1 Å². The van der Waals surface area contributed by atoms with Crippen molar-refractivity contribution in [2.45, 2.75) is 64.8 Å². The molecule has 0 bridgehead atoms. The van der Waals surface area contributed by atoms with Gasteiger partial charge in [-0.3, -0.25) is 9.59 Å². The van der Waals surface area contributed by atoms with Gasteiger partial charge in [0.1, 0.15) is 6.26 Å². The molecule has 0 radical (unpaired) electrons. The molecule has 0 aliphatic rings. The molecule has 0 aromatic carbocycles. The number of rotatable bonds is 15. The van der Waals surface area contributed by atoms with Crippen molar-refractivity contribution in [3.05, 3.63) is 43.2 Å². The van der Waals surface area contributed by atoms with Crippen LogP contribution in [0.3, 0.4) is 0 Å². The summed E-state index contributed by atoms with van der Waals surface area (Å²) in [6.45, 7) is 10.5. The van der Waals surface area contributed by atoms with E-state index in [1.807, 2.05) is 0 Å². The number of carbonyl (C=O) groups is 2. The zero-order valence-corrected chi connectivity index (χ0v) is 16.5. The fraction of sp³-hybridized carbons (Fsp3) is 0.571. The summed E-state index contributed by atoms with van der Waals surface area (Å²) in [6.07, 6.45) is 13.3. The standard InChI is InChI=1S/C21H33N3O3/c1-4-7-8-9-10-11-12-13-20(25)24(15-6-3)16-19-23-18(17-27-19)21(26)22-14-5-2/h5-6,17H,2-4,7-16H2,1H3,(H,22,26). The maximum Gasteiger partial charge on any atom is 0.273 e. The highest BCUT2D eigenvalue weighted by Gasteiger charge is 2.17. The quantitative estimate of drug-likeness (QED) is 0.367. The molecule has 0 saturated heterocycles. The van der Waals surface area contributed by atoms with Gasteiger partial charge in [0.15, 0.2) is 5.69 Å². The normalized spacial score (nSPS) is 10.4. The summed E-state index contributed by atoms with van der Waals surface area (Å²) in [5.74, 6) is 0.0717. The van der Waals surface area contributed by atoms with Crippen LogP contribution in [0.1, 0.15) is 74.7 Å². The molecular weight excluding hydrogens is 342 g/mol. The molecule has 0 fully saturated rings. The fourth-order valence-corrected chi connectivity index (χ4v) is 2.71. The summed E-state index contributed by atoms with van der Waals surface area (Å²) in [4.78, 5) is 30.1. The number of oxazole rings is 1. The Morgan fingerprint density at radius 3 is 2.52 bits per heavy atom. The smallest absolute Gasteiger partial charge is 0.273 e. The van der Waals surface area contributed by atoms with E-state index >= 15 is 0 Å². The van der Waals surface area contributed by atoms with Crippen molar-refractivity contribution in [3.8, 4) is 0 Å². The number of nitrogens with one attached hydrogen (secondary N) is 1. The SMILES string of the molecule is C=CCNC(=O)c1coc(CN(CC=C)C(=O)CCCCCCCCC)n1. The van der Waals surface area contributed by atoms with E-state index in [4.69, 9.17) is 4.42 Å². The molecule has 150 valence electrons. The minimum absolute atomic E-state index is 0.0549. The Bertz CT molecular complexity index is 595. The van der Waals surface area contributed by atoms with Gasteiger partial charge in [-0.05, 0) is 6.42 Å². The number of nitrogens with zero attached hydrogens (tertiary/aromatic N) is 2. The molecule has 0 unspecified atom stereocenters. The van der Waals surface area contributed by atoms with Gasteiger partial charge in [0.25, 0.3) is 5.91 Å². The Morgan fingerprint density at radius 1 is 1.15 bits per heavy atom. The molecule has 27 heavy (non-hydrogen) atoms. The average molecular weight is 376 g/mol. The van der Waals surface area contributed by atoms with Crippen molar-refractivity contribution in [3.63, 3.8) is 0 Å². The van der Waals surface area contributed by atoms with Crippen LogP contribution in [0, 0.1) is 0 Å². The van der Waals surface area contributed by atoms with Crippen molar-refractivity contribution < 1.29 is 14.0 Å². The first-order valence-electron chi connectivity index (χ1n) is 9.84. The first-order chi connectivity index (χ1) is 13.1. The average Bonchev–Trinajstić information content (AvgIpc) is 3.13. The summed E-state index contributed by atoms with van der Waals surface area (Å²) < 4.78 is 5.35. The Balaban J connectivity index is 2.45. The van der Waals surface area contributed by atoms with Crippen molar-refractivity contribution in [1.82, 2.24) is 15.2 Å². The van der Waals surface area contributed by atoms with Crippen molar-refractivity contribution in [2.75, 3.05) is 13.1 Å². The summed E-state index contributed by atoms with van der Waals surface area (Å²) in [7, 11) is 0. The lowest BCUT2D eigenvalue weighted by Crippen LogP contribution is -2.30. The van der Waals surface area contributed by atoms with E-state index < -0.39 is 0 Å². The van der Waals surface area contributed by atoms with Gasteiger partial charge in [-0.1, -0.05) is 57.6 Å². The highest BCUT2D eigenvalue weighted by molar-refractivity contribution is 5.91. The predicted molar refractivity (Wildman–Crippen MR) is 107 cm³/mol. The highest BCUT2D eigenvalue weighted by Crippen LogP contribution is 2.12. The third-order valence-corrected chi connectivity index (χ3v) is 4.21. The lowest BCUT2D eigenvalue weighted by molar-refractivity contribution is -0.131. The number of unbranched alkanes of at least 4 members (excludes halogenated alkanes) is 6. The zero-order valence-electron chi connectivity index (χ0n) is 16.5. The van der Waals surface area contributed by atoms with Crippen molar-refractivity contribution >= 4 is 11.8 Å². The van der Waals surface area contributed by atoms with Crippen LogP contribution in [0.5, 0.6) is 0 Å². The van der Waals surface area contributed by atoms with E-state index in [1.165, 1.54) is 38.4 Å². The molecule has 6 nitrogen and oxygen atoms in total. The third kappa shape index (κ3) is 9.22. The van der Waals surface area contributed by atoms with Crippen LogP contribution >= 0.6 is 0 Å². The fourth-order valence-electron chi connectivity index (χ4n) is 2.71. The molecule has 0 saturated carbocycles. The summed E-state index contributed by atoms with van der Waals surface area (Å²) in [5, 5.41) is 2.64. The molecule has 0 aliphatic heterocycles. The Kier molecular flexibility index (Phi) is 11.6. The molecule has 1 aromatic rings. The second kappa shape index (κ2) is 13.8.